The van der Waals surface area contributed by atoms with Gasteiger partial charge in [-0.15, -0.1) is 0 Å². The third-order valence-corrected chi connectivity index (χ3v) is 3.40. The molecule has 1 aromatic carbocycles. The number of fused-ring (bicyclic) bond motifs is 1. The topological polar surface area (TPSA) is 80.3 Å². The summed E-state index contributed by atoms with van der Waals surface area (Å²) in [5.74, 6) is -0.762. The molecule has 0 saturated carbocycles. The first-order valence-corrected chi connectivity index (χ1v) is 7.19. The summed E-state index contributed by atoms with van der Waals surface area (Å²) < 4.78 is 10.4. The zero-order chi connectivity index (χ0) is 17.1. The molecular weight excluding hydrogens is 294 g/mol. The van der Waals surface area contributed by atoms with Crippen LogP contribution < -0.4 is 5.43 Å². The normalized spacial score (nSPS) is 11.6. The quantitative estimate of drug-likeness (QED) is 0.494. The Morgan fingerprint density at radius 2 is 1.96 bits per heavy atom. The van der Waals surface area contributed by atoms with Gasteiger partial charge in [0, 0.05) is 0 Å². The third-order valence-electron chi connectivity index (χ3n) is 3.40. The van der Waals surface area contributed by atoms with Crippen LogP contribution in [-0.2, 0) is 9.53 Å². The zero-order valence-corrected chi connectivity index (χ0v) is 13.5. The van der Waals surface area contributed by atoms with Gasteiger partial charge in [0.2, 0.25) is 0 Å². The molecule has 0 aliphatic carbocycles. The van der Waals surface area contributed by atoms with Crippen molar-refractivity contribution in [3.8, 4) is 6.07 Å². The highest BCUT2D eigenvalue weighted by molar-refractivity contribution is 5.98. The van der Waals surface area contributed by atoms with Crippen molar-refractivity contribution >= 4 is 23.0 Å². The standard InChI is InChI=1S/C18H17NO4/c1-10(2)23-18(21)13(8-19)7-14-9-22-16-6-12(4)11(3)5-15(16)17(14)20/h5-7,9-10H,1-4H3/b13-7+. The molecular formula is C18H17NO4. The van der Waals surface area contributed by atoms with Gasteiger partial charge in [-0.3, -0.25) is 4.79 Å². The molecule has 5 heteroatoms. The number of benzene rings is 1. The van der Waals surface area contributed by atoms with Crippen LogP contribution in [0.3, 0.4) is 0 Å². The second-order valence-corrected chi connectivity index (χ2v) is 5.58. The molecule has 0 unspecified atom stereocenters. The van der Waals surface area contributed by atoms with Crippen molar-refractivity contribution in [3.63, 3.8) is 0 Å². The highest BCUT2D eigenvalue weighted by atomic mass is 16.5. The van der Waals surface area contributed by atoms with E-state index in [1.54, 1.807) is 32.0 Å². The monoisotopic (exact) mass is 311 g/mol. The van der Waals surface area contributed by atoms with Crippen LogP contribution in [0.4, 0.5) is 0 Å². The summed E-state index contributed by atoms with van der Waals surface area (Å²) in [5.41, 5.74) is 2.05. The maximum absolute atomic E-state index is 12.5. The van der Waals surface area contributed by atoms with E-state index in [9.17, 15) is 9.59 Å². The Morgan fingerprint density at radius 1 is 1.30 bits per heavy atom. The lowest BCUT2D eigenvalue weighted by Crippen LogP contribution is -2.14. The lowest BCUT2D eigenvalue weighted by Gasteiger charge is -2.07. The molecule has 0 fully saturated rings. The van der Waals surface area contributed by atoms with Crippen LogP contribution in [-0.4, -0.2) is 12.1 Å². The number of rotatable bonds is 3. The van der Waals surface area contributed by atoms with Crippen molar-refractivity contribution in [2.45, 2.75) is 33.8 Å². The maximum Gasteiger partial charge on any atom is 0.349 e. The largest absolute Gasteiger partial charge is 0.463 e. The molecule has 0 aliphatic rings. The van der Waals surface area contributed by atoms with E-state index in [2.05, 4.69) is 0 Å². The maximum atomic E-state index is 12.5. The average Bonchev–Trinajstić information content (AvgIpc) is 2.48. The van der Waals surface area contributed by atoms with Crippen molar-refractivity contribution in [3.05, 3.63) is 50.9 Å². The van der Waals surface area contributed by atoms with Gasteiger partial charge in [0.05, 0.1) is 17.1 Å². The van der Waals surface area contributed by atoms with Crippen LogP contribution in [0.5, 0.6) is 0 Å². The van der Waals surface area contributed by atoms with E-state index < -0.39 is 5.97 Å². The molecule has 0 spiro atoms. The van der Waals surface area contributed by atoms with Gasteiger partial charge in [-0.25, -0.2) is 4.79 Å². The number of aryl methyl sites for hydroxylation is 2. The van der Waals surface area contributed by atoms with Gasteiger partial charge in [-0.1, -0.05) is 0 Å². The number of carbonyl (C=O) groups excluding carboxylic acids is 1. The first-order chi connectivity index (χ1) is 10.8. The van der Waals surface area contributed by atoms with E-state index in [0.29, 0.717) is 11.0 Å². The first-order valence-electron chi connectivity index (χ1n) is 7.19. The molecule has 5 nitrogen and oxygen atoms in total. The molecule has 0 radical (unpaired) electrons. The zero-order valence-electron chi connectivity index (χ0n) is 13.5. The lowest BCUT2D eigenvalue weighted by molar-refractivity contribution is -0.142. The minimum absolute atomic E-state index is 0.137. The summed E-state index contributed by atoms with van der Waals surface area (Å²) in [4.78, 5) is 24.3. The Morgan fingerprint density at radius 3 is 2.57 bits per heavy atom. The van der Waals surface area contributed by atoms with E-state index in [-0.39, 0.29) is 22.7 Å². The van der Waals surface area contributed by atoms with E-state index in [1.807, 2.05) is 13.8 Å². The number of esters is 1. The van der Waals surface area contributed by atoms with Crippen molar-refractivity contribution in [1.29, 1.82) is 5.26 Å². The Hall–Kier alpha value is -2.87. The highest BCUT2D eigenvalue weighted by Gasteiger charge is 2.14. The first kappa shape index (κ1) is 16.5. The highest BCUT2D eigenvalue weighted by Crippen LogP contribution is 2.18. The predicted molar refractivity (Wildman–Crippen MR) is 86.8 cm³/mol. The molecule has 0 aliphatic heterocycles. The van der Waals surface area contributed by atoms with Crippen LogP contribution in [0.2, 0.25) is 0 Å². The fourth-order valence-electron chi connectivity index (χ4n) is 2.07. The lowest BCUT2D eigenvalue weighted by atomic mass is 10.0. The summed E-state index contributed by atoms with van der Waals surface area (Å²) in [6, 6.07) is 5.29. The van der Waals surface area contributed by atoms with Gasteiger partial charge in [0.15, 0.2) is 5.43 Å². The van der Waals surface area contributed by atoms with E-state index in [0.717, 1.165) is 11.1 Å². The molecule has 2 aromatic rings. The fraction of sp³-hybridized carbons (Fsp3) is 0.278. The molecule has 23 heavy (non-hydrogen) atoms. The fourth-order valence-corrected chi connectivity index (χ4v) is 2.07. The smallest absolute Gasteiger partial charge is 0.349 e. The number of hydrogen-bond donors (Lipinski definition) is 0. The van der Waals surface area contributed by atoms with Crippen molar-refractivity contribution in [2.24, 2.45) is 0 Å². The SMILES string of the molecule is Cc1cc2occ(/C=C(\C#N)C(=O)OC(C)C)c(=O)c2cc1C. The van der Waals surface area contributed by atoms with Crippen molar-refractivity contribution in [1.82, 2.24) is 0 Å². The second-order valence-electron chi connectivity index (χ2n) is 5.58. The van der Waals surface area contributed by atoms with Gasteiger partial charge in [0.1, 0.15) is 23.5 Å². The molecule has 0 atom stereocenters. The van der Waals surface area contributed by atoms with Crippen LogP contribution in [0.1, 0.15) is 30.5 Å². The second kappa shape index (κ2) is 6.49. The average molecular weight is 311 g/mol. The number of nitriles is 1. The van der Waals surface area contributed by atoms with Gasteiger partial charge in [-0.2, -0.15) is 5.26 Å². The molecule has 2 rings (SSSR count). The number of hydrogen-bond acceptors (Lipinski definition) is 5. The summed E-state index contributed by atoms with van der Waals surface area (Å²) in [6.45, 7) is 7.19. The van der Waals surface area contributed by atoms with Gasteiger partial charge >= 0.3 is 5.97 Å². The Bertz CT molecular complexity index is 898. The van der Waals surface area contributed by atoms with Crippen LogP contribution in [0.25, 0.3) is 17.0 Å². The molecule has 0 N–H and O–H groups in total. The number of carbonyl (C=O) groups is 1. The minimum atomic E-state index is -0.762. The Balaban J connectivity index is 2.56. The van der Waals surface area contributed by atoms with E-state index >= 15 is 0 Å². The van der Waals surface area contributed by atoms with E-state index in [4.69, 9.17) is 14.4 Å². The molecule has 1 heterocycles. The predicted octanol–water partition coefficient (Wildman–Crippen LogP) is 3.27. The molecule has 1 aromatic heterocycles. The third kappa shape index (κ3) is 3.49. The summed E-state index contributed by atoms with van der Waals surface area (Å²) in [6.07, 6.45) is 2.10. The van der Waals surface area contributed by atoms with Gasteiger partial charge in [0.25, 0.3) is 0 Å². The van der Waals surface area contributed by atoms with Crippen LogP contribution >= 0.6 is 0 Å². The number of nitrogens with zero attached hydrogens (tertiary/aromatic N) is 1. The van der Waals surface area contributed by atoms with Crippen molar-refractivity contribution < 1.29 is 13.9 Å². The van der Waals surface area contributed by atoms with Crippen LogP contribution in [0, 0.1) is 25.2 Å². The van der Waals surface area contributed by atoms with Crippen molar-refractivity contribution in [2.75, 3.05) is 0 Å². The minimum Gasteiger partial charge on any atom is -0.463 e. The van der Waals surface area contributed by atoms with Crippen LogP contribution in [0.15, 0.2) is 33.2 Å². The van der Waals surface area contributed by atoms with E-state index in [1.165, 1.54) is 12.3 Å². The summed E-state index contributed by atoms with van der Waals surface area (Å²) in [5, 5.41) is 9.52. The molecule has 118 valence electrons. The summed E-state index contributed by atoms with van der Waals surface area (Å²) in [7, 11) is 0. The van der Waals surface area contributed by atoms with Gasteiger partial charge in [-0.05, 0) is 57.0 Å². The molecule has 0 saturated heterocycles. The summed E-state index contributed by atoms with van der Waals surface area (Å²) >= 11 is 0. The van der Waals surface area contributed by atoms with Gasteiger partial charge < -0.3 is 9.15 Å². The number of ether oxygens (including phenoxy) is 1. The Kier molecular flexibility index (Phi) is 4.65. The molecule has 0 bridgehead atoms. The molecule has 0 amide bonds. The Labute approximate surface area is 133 Å².